The number of para-hydroxylation sites is 1. The van der Waals surface area contributed by atoms with Gasteiger partial charge in [-0.15, -0.1) is 0 Å². The second-order valence-electron chi connectivity index (χ2n) is 4.38. The van der Waals surface area contributed by atoms with E-state index in [1.165, 1.54) is 9.13 Å². The Kier molecular flexibility index (Phi) is 2.38. The molecule has 0 aliphatic heterocycles. The molecule has 2 heterocycles. The third-order valence-electron chi connectivity index (χ3n) is 3.23. The summed E-state index contributed by atoms with van der Waals surface area (Å²) in [6, 6.07) is 9.56. The van der Waals surface area contributed by atoms with Crippen LogP contribution in [0.1, 0.15) is 0 Å². The Balaban J connectivity index is 2.49. The van der Waals surface area contributed by atoms with Crippen LogP contribution in [-0.2, 0) is 14.1 Å². The molecule has 6 heteroatoms. The Morgan fingerprint density at radius 3 is 2.47 bits per heavy atom. The second-order valence-corrected chi connectivity index (χ2v) is 4.38. The Hall–Kier alpha value is -2.63. The van der Waals surface area contributed by atoms with Crippen molar-refractivity contribution < 1.29 is 0 Å². The number of fused-ring (bicyclic) bond motifs is 1. The summed E-state index contributed by atoms with van der Waals surface area (Å²) in [7, 11) is 3.27. The molecule has 0 amide bonds. The summed E-state index contributed by atoms with van der Waals surface area (Å²) in [4.78, 5) is 12.0. The van der Waals surface area contributed by atoms with Crippen LogP contribution in [0.25, 0.3) is 16.7 Å². The van der Waals surface area contributed by atoms with Gasteiger partial charge in [0.15, 0.2) is 5.65 Å². The van der Waals surface area contributed by atoms with Crippen molar-refractivity contribution in [3.05, 3.63) is 52.5 Å². The van der Waals surface area contributed by atoms with Gasteiger partial charge in [-0.1, -0.05) is 18.2 Å². The first kappa shape index (κ1) is 11.5. The number of aromatic nitrogens is 4. The molecule has 0 aliphatic carbocycles. The van der Waals surface area contributed by atoms with Crippen LogP contribution in [0.4, 0.5) is 0 Å². The molecular weight excluding hydrogens is 242 g/mol. The maximum Gasteiger partial charge on any atom is 0.330 e. The zero-order valence-electron chi connectivity index (χ0n) is 10.7. The van der Waals surface area contributed by atoms with Crippen molar-refractivity contribution >= 4 is 11.0 Å². The maximum absolute atomic E-state index is 12.0. The molecule has 3 aromatic rings. The Labute approximate surface area is 108 Å². The highest BCUT2D eigenvalue weighted by atomic mass is 16.1. The van der Waals surface area contributed by atoms with Crippen LogP contribution in [0.3, 0.4) is 0 Å². The van der Waals surface area contributed by atoms with Gasteiger partial charge in [0.25, 0.3) is 0 Å². The van der Waals surface area contributed by atoms with Gasteiger partial charge in [0.1, 0.15) is 5.49 Å². The number of aryl methyl sites for hydroxylation is 1. The lowest BCUT2D eigenvalue weighted by molar-refractivity contribution is 0.683. The van der Waals surface area contributed by atoms with Crippen molar-refractivity contribution in [1.82, 2.24) is 18.9 Å². The topological polar surface area (TPSA) is 68.6 Å². The molecule has 1 N–H and O–H groups in total. The highest BCUT2D eigenvalue weighted by Crippen LogP contribution is 2.13. The van der Waals surface area contributed by atoms with Gasteiger partial charge in [0.2, 0.25) is 0 Å². The number of nitrogens with one attached hydrogen (secondary N) is 1. The van der Waals surface area contributed by atoms with Crippen LogP contribution in [-0.4, -0.2) is 18.9 Å². The Morgan fingerprint density at radius 1 is 1.11 bits per heavy atom. The van der Waals surface area contributed by atoms with Gasteiger partial charge in [0, 0.05) is 14.1 Å². The average molecular weight is 255 g/mol. The third kappa shape index (κ3) is 1.53. The molecule has 0 spiro atoms. The van der Waals surface area contributed by atoms with Crippen LogP contribution in [0.2, 0.25) is 0 Å². The summed E-state index contributed by atoms with van der Waals surface area (Å²) in [5.41, 5.74) is 1.41. The fourth-order valence-corrected chi connectivity index (χ4v) is 2.18. The number of rotatable bonds is 1. The van der Waals surface area contributed by atoms with E-state index in [9.17, 15) is 4.79 Å². The van der Waals surface area contributed by atoms with Gasteiger partial charge >= 0.3 is 5.69 Å². The molecular formula is C13H13N5O. The van der Waals surface area contributed by atoms with Crippen LogP contribution >= 0.6 is 0 Å². The third-order valence-corrected chi connectivity index (χ3v) is 3.23. The lowest BCUT2D eigenvalue weighted by atomic mass is 10.3. The SMILES string of the molecule is Cn1c(=N)c2cnn(-c3ccccc3)c2n(C)c1=O. The van der Waals surface area contributed by atoms with Gasteiger partial charge < -0.3 is 0 Å². The molecule has 1 aromatic carbocycles. The highest BCUT2D eigenvalue weighted by molar-refractivity contribution is 5.75. The van der Waals surface area contributed by atoms with Gasteiger partial charge in [-0.3, -0.25) is 14.5 Å². The van der Waals surface area contributed by atoms with Gasteiger partial charge in [-0.2, -0.15) is 5.10 Å². The quantitative estimate of drug-likeness (QED) is 0.689. The lowest BCUT2D eigenvalue weighted by Crippen LogP contribution is -2.37. The van der Waals surface area contributed by atoms with Gasteiger partial charge in [0.05, 0.1) is 17.3 Å². The summed E-state index contributed by atoms with van der Waals surface area (Å²) in [5.74, 6) is 0. The predicted molar refractivity (Wildman–Crippen MR) is 71.1 cm³/mol. The van der Waals surface area contributed by atoms with Crippen molar-refractivity contribution in [2.75, 3.05) is 0 Å². The molecule has 0 saturated carbocycles. The molecule has 0 saturated heterocycles. The van der Waals surface area contributed by atoms with E-state index in [-0.39, 0.29) is 11.2 Å². The van der Waals surface area contributed by atoms with Crippen molar-refractivity contribution in [1.29, 1.82) is 5.41 Å². The Morgan fingerprint density at radius 2 is 1.79 bits per heavy atom. The number of benzene rings is 1. The van der Waals surface area contributed by atoms with E-state index in [1.54, 1.807) is 25.0 Å². The van der Waals surface area contributed by atoms with E-state index in [2.05, 4.69) is 5.10 Å². The highest BCUT2D eigenvalue weighted by Gasteiger charge is 2.12. The minimum Gasteiger partial charge on any atom is -0.284 e. The zero-order chi connectivity index (χ0) is 13.6. The van der Waals surface area contributed by atoms with Crippen LogP contribution in [0.15, 0.2) is 41.3 Å². The summed E-state index contributed by atoms with van der Waals surface area (Å²) in [6.45, 7) is 0. The molecule has 6 nitrogen and oxygen atoms in total. The molecule has 0 bridgehead atoms. The molecule has 0 aliphatic rings. The van der Waals surface area contributed by atoms with Crippen LogP contribution < -0.4 is 11.2 Å². The van der Waals surface area contributed by atoms with E-state index < -0.39 is 0 Å². The fourth-order valence-electron chi connectivity index (χ4n) is 2.18. The number of hydrogen-bond donors (Lipinski definition) is 1. The molecule has 0 radical (unpaired) electrons. The summed E-state index contributed by atoms with van der Waals surface area (Å²) < 4.78 is 4.49. The van der Waals surface area contributed by atoms with Crippen LogP contribution in [0.5, 0.6) is 0 Å². The van der Waals surface area contributed by atoms with Gasteiger partial charge in [-0.25, -0.2) is 9.48 Å². The van der Waals surface area contributed by atoms with Crippen LogP contribution in [0, 0.1) is 5.41 Å². The first-order valence-corrected chi connectivity index (χ1v) is 5.85. The minimum atomic E-state index is -0.241. The van der Waals surface area contributed by atoms with E-state index in [1.807, 2.05) is 30.3 Å². The van der Waals surface area contributed by atoms with Crippen molar-refractivity contribution in [2.24, 2.45) is 14.1 Å². The monoisotopic (exact) mass is 255 g/mol. The second kappa shape index (κ2) is 3.94. The largest absolute Gasteiger partial charge is 0.330 e. The summed E-state index contributed by atoms with van der Waals surface area (Å²) >= 11 is 0. The standard InChI is InChI=1S/C13H13N5O/c1-16-11(14)10-8-15-18(9-6-4-3-5-7-9)12(10)17(2)13(16)19/h3-8,14H,1-2H3. The molecule has 0 fully saturated rings. The predicted octanol–water partition coefficient (Wildman–Crippen LogP) is 0.542. The maximum atomic E-state index is 12.0. The molecule has 96 valence electrons. The smallest absolute Gasteiger partial charge is 0.284 e. The molecule has 0 atom stereocenters. The van der Waals surface area contributed by atoms with Crippen molar-refractivity contribution in [2.45, 2.75) is 0 Å². The Bertz CT molecular complexity index is 870. The molecule has 2 aromatic heterocycles. The van der Waals surface area contributed by atoms with Crippen molar-refractivity contribution in [3.8, 4) is 5.69 Å². The normalized spacial score (nSPS) is 11.1. The first-order chi connectivity index (χ1) is 9.11. The molecule has 19 heavy (non-hydrogen) atoms. The fraction of sp³-hybridized carbons (Fsp3) is 0.154. The summed E-state index contributed by atoms with van der Waals surface area (Å²) in [6.07, 6.45) is 1.62. The van der Waals surface area contributed by atoms with E-state index in [4.69, 9.17) is 5.41 Å². The minimum absolute atomic E-state index is 0.167. The van der Waals surface area contributed by atoms with Crippen molar-refractivity contribution in [3.63, 3.8) is 0 Å². The molecule has 0 unspecified atom stereocenters. The van der Waals surface area contributed by atoms with E-state index in [0.29, 0.717) is 11.0 Å². The lowest BCUT2D eigenvalue weighted by Gasteiger charge is -2.08. The zero-order valence-corrected chi connectivity index (χ0v) is 10.7. The van der Waals surface area contributed by atoms with E-state index in [0.717, 1.165) is 5.69 Å². The molecule has 3 rings (SSSR count). The number of hydrogen-bond acceptors (Lipinski definition) is 3. The van der Waals surface area contributed by atoms with E-state index >= 15 is 0 Å². The summed E-state index contributed by atoms with van der Waals surface area (Å²) in [5, 5.41) is 12.9. The first-order valence-electron chi connectivity index (χ1n) is 5.85. The van der Waals surface area contributed by atoms with Gasteiger partial charge in [-0.05, 0) is 12.1 Å². The number of nitrogens with zero attached hydrogens (tertiary/aromatic N) is 4. The average Bonchev–Trinajstić information content (AvgIpc) is 2.88.